The molecule has 3 aromatic heterocycles. The number of nitrogens with one attached hydrogen (secondary N) is 1. The number of nitrogens with zero attached hydrogens (tertiary/aromatic N) is 4. The molecule has 4 unspecified atom stereocenters. The molecule has 0 bridgehead atoms. The molecule has 4 atom stereocenters. The topological polar surface area (TPSA) is 99.6 Å². The Morgan fingerprint density at radius 3 is 2.71 bits per heavy atom. The maximum atomic E-state index is 15.1. The van der Waals surface area contributed by atoms with Crippen molar-refractivity contribution in [2.24, 2.45) is 11.7 Å². The molecule has 10 heteroatoms. The largest absolute Gasteiger partial charge is 0.488 e. The smallest absolute Gasteiger partial charge is 0.229 e. The average molecular weight is 521 g/mol. The lowest BCUT2D eigenvalue weighted by molar-refractivity contribution is 0.141. The van der Waals surface area contributed by atoms with E-state index in [-0.39, 0.29) is 29.2 Å². The van der Waals surface area contributed by atoms with Crippen molar-refractivity contribution < 1.29 is 18.3 Å². The number of halogens is 2. The Bertz CT molecular complexity index is 1420. The van der Waals surface area contributed by atoms with Crippen molar-refractivity contribution in [1.82, 2.24) is 19.6 Å². The Morgan fingerprint density at radius 2 is 1.95 bits per heavy atom. The molecule has 0 radical (unpaired) electrons. The highest BCUT2D eigenvalue weighted by Gasteiger charge is 2.27. The summed E-state index contributed by atoms with van der Waals surface area (Å²) in [6, 6.07) is 7.85. The molecule has 6 rings (SSSR count). The zero-order valence-corrected chi connectivity index (χ0v) is 21.1. The van der Waals surface area contributed by atoms with Crippen LogP contribution in [0.25, 0.3) is 16.8 Å². The molecule has 0 amide bonds. The van der Waals surface area contributed by atoms with Crippen LogP contribution in [0.5, 0.6) is 5.75 Å². The molecular weight excluding hydrogens is 490 g/mol. The van der Waals surface area contributed by atoms with Crippen LogP contribution in [0.3, 0.4) is 0 Å². The normalized spacial score (nSPS) is 23.6. The van der Waals surface area contributed by atoms with Gasteiger partial charge in [0.05, 0.1) is 48.1 Å². The summed E-state index contributed by atoms with van der Waals surface area (Å²) in [6.45, 7) is 3.21. The van der Waals surface area contributed by atoms with Gasteiger partial charge in [-0.2, -0.15) is 9.61 Å². The van der Waals surface area contributed by atoms with Crippen molar-refractivity contribution in [2.45, 2.75) is 50.7 Å². The molecule has 3 N–H and O–H groups in total. The number of hydrogen-bond acceptors (Lipinski definition) is 7. The molecule has 1 saturated heterocycles. The molecule has 2 fully saturated rings. The zero-order chi connectivity index (χ0) is 26.2. The third kappa shape index (κ3) is 4.93. The summed E-state index contributed by atoms with van der Waals surface area (Å²) >= 11 is 0. The van der Waals surface area contributed by atoms with E-state index < -0.39 is 11.6 Å². The minimum absolute atomic E-state index is 0.131. The number of rotatable bonds is 6. The van der Waals surface area contributed by atoms with Crippen LogP contribution in [0.1, 0.15) is 44.1 Å². The van der Waals surface area contributed by atoms with Crippen LogP contribution in [0.4, 0.5) is 20.4 Å². The number of anilines is 2. The molecule has 4 heterocycles. The van der Waals surface area contributed by atoms with Gasteiger partial charge in [0.25, 0.3) is 0 Å². The molecule has 1 aliphatic heterocycles. The van der Waals surface area contributed by atoms with E-state index in [1.807, 2.05) is 6.07 Å². The highest BCUT2D eigenvalue weighted by Crippen LogP contribution is 2.39. The highest BCUT2D eigenvalue weighted by molar-refractivity contribution is 5.66. The molecule has 1 aliphatic carbocycles. The van der Waals surface area contributed by atoms with Gasteiger partial charge < -0.3 is 20.5 Å². The highest BCUT2D eigenvalue weighted by atomic mass is 19.1. The molecule has 198 valence electrons. The van der Waals surface area contributed by atoms with Crippen molar-refractivity contribution >= 4 is 17.2 Å². The minimum atomic E-state index is -0.752. The van der Waals surface area contributed by atoms with Crippen LogP contribution in [0.2, 0.25) is 0 Å². The number of benzene rings is 1. The zero-order valence-electron chi connectivity index (χ0n) is 21.1. The molecule has 38 heavy (non-hydrogen) atoms. The summed E-state index contributed by atoms with van der Waals surface area (Å²) in [6.07, 6.45) is 8.65. The lowest BCUT2D eigenvalue weighted by Crippen LogP contribution is -2.31. The number of imidazole rings is 1. The van der Waals surface area contributed by atoms with Gasteiger partial charge in [-0.25, -0.2) is 13.8 Å². The van der Waals surface area contributed by atoms with Gasteiger partial charge >= 0.3 is 0 Å². The number of hydrogen-bond donors (Lipinski definition) is 2. The Labute approximate surface area is 219 Å². The summed E-state index contributed by atoms with van der Waals surface area (Å²) in [5.74, 6) is -0.115. The Morgan fingerprint density at radius 1 is 1.11 bits per heavy atom. The lowest BCUT2D eigenvalue weighted by Gasteiger charge is -2.32. The summed E-state index contributed by atoms with van der Waals surface area (Å²) in [5, 5.41) is 7.88. The second-order valence-electron chi connectivity index (χ2n) is 10.4. The molecule has 4 aromatic rings. The first kappa shape index (κ1) is 24.7. The fourth-order valence-corrected chi connectivity index (χ4v) is 5.66. The minimum Gasteiger partial charge on any atom is -0.488 e. The molecule has 0 spiro atoms. The molecule has 2 aliphatic rings. The predicted molar refractivity (Wildman–Crippen MR) is 139 cm³/mol. The van der Waals surface area contributed by atoms with E-state index in [1.165, 1.54) is 12.1 Å². The van der Waals surface area contributed by atoms with Crippen molar-refractivity contribution in [3.05, 3.63) is 66.1 Å². The maximum Gasteiger partial charge on any atom is 0.229 e. The Balaban J connectivity index is 1.30. The summed E-state index contributed by atoms with van der Waals surface area (Å²) in [5.41, 5.74) is 8.85. The first-order valence-electron chi connectivity index (χ1n) is 13.0. The molecule has 1 saturated carbocycles. The molecule has 1 aromatic carbocycles. The van der Waals surface area contributed by atoms with Crippen LogP contribution < -0.4 is 15.8 Å². The van der Waals surface area contributed by atoms with Gasteiger partial charge in [-0.15, -0.1) is 0 Å². The first-order valence-corrected chi connectivity index (χ1v) is 13.0. The average Bonchev–Trinajstić information content (AvgIpc) is 3.53. The van der Waals surface area contributed by atoms with Gasteiger partial charge in [0.1, 0.15) is 23.5 Å². The number of fused-ring (bicyclic) bond motifs is 1. The first-order chi connectivity index (χ1) is 18.4. The van der Waals surface area contributed by atoms with Crippen LogP contribution in [-0.2, 0) is 4.74 Å². The Hall–Kier alpha value is -3.63. The van der Waals surface area contributed by atoms with Gasteiger partial charge in [-0.1, -0.05) is 6.92 Å². The summed E-state index contributed by atoms with van der Waals surface area (Å²) in [7, 11) is 0. The standard InChI is InChI=1S/C28H30F2N6O2/c1-16-8-17(10-18(31)9-16)22-4-6-32-14-26(22)34-28-33-13-19-2-3-25(35-36(19)28)27-23(29)11-21(12-24(27)30)38-20-5-7-37-15-20/h2-4,6,11-14,16-18,20H,5,7-10,15,31H2,1H3,(H,33,34). The van der Waals surface area contributed by atoms with Crippen molar-refractivity contribution in [3.8, 4) is 17.0 Å². The van der Waals surface area contributed by atoms with Crippen LogP contribution >= 0.6 is 0 Å². The second kappa shape index (κ2) is 10.3. The van der Waals surface area contributed by atoms with Crippen molar-refractivity contribution in [3.63, 3.8) is 0 Å². The van der Waals surface area contributed by atoms with E-state index in [9.17, 15) is 0 Å². The number of ether oxygens (including phenoxy) is 2. The van der Waals surface area contributed by atoms with Gasteiger partial charge in [-0.3, -0.25) is 4.98 Å². The maximum absolute atomic E-state index is 15.1. The Kier molecular flexibility index (Phi) is 6.67. The van der Waals surface area contributed by atoms with Gasteiger partial charge in [0, 0.05) is 30.8 Å². The van der Waals surface area contributed by atoms with Crippen molar-refractivity contribution in [1.29, 1.82) is 0 Å². The van der Waals surface area contributed by atoms with Crippen molar-refractivity contribution in [2.75, 3.05) is 18.5 Å². The van der Waals surface area contributed by atoms with Gasteiger partial charge in [-0.05, 0) is 54.9 Å². The van der Waals surface area contributed by atoms with E-state index in [2.05, 4.69) is 27.3 Å². The van der Waals surface area contributed by atoms with E-state index in [4.69, 9.17) is 15.2 Å². The molecular formula is C28H30F2N6O2. The molecule has 8 nitrogen and oxygen atoms in total. The fraction of sp³-hybridized carbons (Fsp3) is 0.393. The number of pyridine rings is 1. The summed E-state index contributed by atoms with van der Waals surface area (Å²) < 4.78 is 42.7. The monoisotopic (exact) mass is 520 g/mol. The van der Waals surface area contributed by atoms with E-state index in [0.717, 1.165) is 30.5 Å². The number of nitrogens with two attached hydrogens (primary N) is 1. The number of aromatic nitrogens is 4. The second-order valence-corrected chi connectivity index (χ2v) is 10.4. The quantitative estimate of drug-likeness (QED) is 0.360. The lowest BCUT2D eigenvalue weighted by atomic mass is 9.76. The van der Waals surface area contributed by atoms with Gasteiger partial charge in [0.15, 0.2) is 0 Å². The van der Waals surface area contributed by atoms with E-state index >= 15 is 8.78 Å². The van der Waals surface area contributed by atoms with Crippen LogP contribution in [0.15, 0.2) is 48.9 Å². The fourth-order valence-electron chi connectivity index (χ4n) is 5.66. The van der Waals surface area contributed by atoms with E-state index in [1.54, 1.807) is 35.2 Å². The van der Waals surface area contributed by atoms with E-state index in [0.29, 0.717) is 42.9 Å². The summed E-state index contributed by atoms with van der Waals surface area (Å²) in [4.78, 5) is 8.78. The predicted octanol–water partition coefficient (Wildman–Crippen LogP) is 5.21. The third-order valence-corrected chi connectivity index (χ3v) is 7.37. The van der Waals surface area contributed by atoms with Gasteiger partial charge in [0.2, 0.25) is 5.95 Å². The third-order valence-electron chi connectivity index (χ3n) is 7.37. The van der Waals surface area contributed by atoms with Crippen LogP contribution in [0, 0.1) is 17.6 Å². The van der Waals surface area contributed by atoms with Crippen LogP contribution in [-0.4, -0.2) is 44.9 Å². The SMILES string of the molecule is CC1CC(N)CC(c2ccncc2Nc2ncc3ccc(-c4c(F)cc(OC5CCOC5)cc4F)nn23)C1.